The standard InChI is InChI=1S/C14H16N2O3/c1-15(8-10-6-4-3-5-7-10)13(18)11-9-16(2)14(19)12(11)17/h3-7,11H,8-9H2,1-2H3. The van der Waals surface area contributed by atoms with Gasteiger partial charge in [-0.15, -0.1) is 0 Å². The van der Waals surface area contributed by atoms with Crippen LogP contribution in [0.5, 0.6) is 0 Å². The zero-order valence-electron chi connectivity index (χ0n) is 11.0. The van der Waals surface area contributed by atoms with Crippen molar-refractivity contribution in [2.45, 2.75) is 6.54 Å². The zero-order chi connectivity index (χ0) is 14.0. The van der Waals surface area contributed by atoms with Crippen LogP contribution in [0.2, 0.25) is 0 Å². The molecule has 0 N–H and O–H groups in total. The summed E-state index contributed by atoms with van der Waals surface area (Å²) in [6, 6.07) is 9.52. The molecule has 0 bridgehead atoms. The second kappa shape index (κ2) is 5.22. The van der Waals surface area contributed by atoms with Gasteiger partial charge in [-0.25, -0.2) is 0 Å². The number of ketones is 1. The molecule has 1 aliphatic rings. The molecule has 2 amide bonds. The minimum absolute atomic E-state index is 0.176. The van der Waals surface area contributed by atoms with Crippen molar-refractivity contribution in [1.29, 1.82) is 0 Å². The first-order valence-electron chi connectivity index (χ1n) is 6.09. The van der Waals surface area contributed by atoms with E-state index in [-0.39, 0.29) is 12.5 Å². The van der Waals surface area contributed by atoms with Crippen LogP contribution in [0, 0.1) is 5.92 Å². The maximum Gasteiger partial charge on any atom is 0.290 e. The van der Waals surface area contributed by atoms with E-state index in [0.29, 0.717) is 6.54 Å². The third-order valence-electron chi connectivity index (χ3n) is 3.27. The predicted octanol–water partition coefficient (Wildman–Crippen LogP) is 0.302. The minimum Gasteiger partial charge on any atom is -0.341 e. The molecule has 1 aliphatic heterocycles. The van der Waals surface area contributed by atoms with Crippen molar-refractivity contribution in [3.63, 3.8) is 0 Å². The number of hydrogen-bond acceptors (Lipinski definition) is 3. The van der Waals surface area contributed by atoms with E-state index in [0.717, 1.165) is 5.56 Å². The maximum atomic E-state index is 12.2. The van der Waals surface area contributed by atoms with Crippen molar-refractivity contribution in [3.8, 4) is 0 Å². The first-order valence-corrected chi connectivity index (χ1v) is 6.09. The van der Waals surface area contributed by atoms with E-state index in [1.165, 1.54) is 16.8 Å². The van der Waals surface area contributed by atoms with Gasteiger partial charge in [0.1, 0.15) is 5.92 Å². The van der Waals surface area contributed by atoms with Gasteiger partial charge in [-0.1, -0.05) is 30.3 Å². The highest BCUT2D eigenvalue weighted by Crippen LogP contribution is 2.16. The molecule has 1 atom stereocenters. The first-order chi connectivity index (χ1) is 9.00. The lowest BCUT2D eigenvalue weighted by atomic mass is 10.1. The molecule has 0 radical (unpaired) electrons. The zero-order valence-corrected chi connectivity index (χ0v) is 11.0. The van der Waals surface area contributed by atoms with Gasteiger partial charge in [-0.05, 0) is 5.56 Å². The fraction of sp³-hybridized carbons (Fsp3) is 0.357. The highest BCUT2D eigenvalue weighted by atomic mass is 16.2. The predicted molar refractivity (Wildman–Crippen MR) is 69.1 cm³/mol. The Morgan fingerprint density at radius 2 is 1.95 bits per heavy atom. The molecular formula is C14H16N2O3. The number of hydrogen-bond donors (Lipinski definition) is 0. The topological polar surface area (TPSA) is 57.7 Å². The fourth-order valence-electron chi connectivity index (χ4n) is 2.17. The second-order valence-electron chi connectivity index (χ2n) is 4.78. The Labute approximate surface area is 111 Å². The fourth-order valence-corrected chi connectivity index (χ4v) is 2.17. The summed E-state index contributed by atoms with van der Waals surface area (Å²) < 4.78 is 0. The van der Waals surface area contributed by atoms with Crippen LogP contribution >= 0.6 is 0 Å². The van der Waals surface area contributed by atoms with Crippen molar-refractivity contribution in [2.75, 3.05) is 20.6 Å². The van der Waals surface area contributed by atoms with Gasteiger partial charge in [-0.3, -0.25) is 14.4 Å². The van der Waals surface area contributed by atoms with Crippen LogP contribution in [0.1, 0.15) is 5.56 Å². The van der Waals surface area contributed by atoms with Crippen LogP contribution in [-0.4, -0.2) is 48.0 Å². The normalized spacial score (nSPS) is 18.8. The van der Waals surface area contributed by atoms with E-state index in [4.69, 9.17) is 0 Å². The molecule has 5 nitrogen and oxygen atoms in total. The summed E-state index contributed by atoms with van der Waals surface area (Å²) in [5, 5.41) is 0. The molecule has 0 aliphatic carbocycles. The van der Waals surface area contributed by atoms with E-state index in [2.05, 4.69) is 0 Å². The molecule has 1 aromatic rings. The minimum atomic E-state index is -0.855. The first kappa shape index (κ1) is 13.3. The smallest absolute Gasteiger partial charge is 0.290 e. The van der Waals surface area contributed by atoms with Crippen LogP contribution < -0.4 is 0 Å². The largest absolute Gasteiger partial charge is 0.341 e. The number of likely N-dealkylation sites (tertiary alicyclic amines) is 1. The van der Waals surface area contributed by atoms with E-state index in [1.807, 2.05) is 30.3 Å². The molecule has 100 valence electrons. The van der Waals surface area contributed by atoms with Gasteiger partial charge in [0, 0.05) is 27.2 Å². The lowest BCUT2D eigenvalue weighted by molar-refractivity contribution is -0.144. The second-order valence-corrected chi connectivity index (χ2v) is 4.78. The van der Waals surface area contributed by atoms with Gasteiger partial charge in [0.15, 0.2) is 0 Å². The Hall–Kier alpha value is -2.17. The molecule has 1 heterocycles. The Bertz CT molecular complexity index is 513. The van der Waals surface area contributed by atoms with Crippen molar-refractivity contribution in [2.24, 2.45) is 5.92 Å². The van der Waals surface area contributed by atoms with E-state index >= 15 is 0 Å². The third-order valence-corrected chi connectivity index (χ3v) is 3.27. The van der Waals surface area contributed by atoms with Gasteiger partial charge in [0.25, 0.3) is 5.91 Å². The number of amides is 2. The monoisotopic (exact) mass is 260 g/mol. The highest BCUT2D eigenvalue weighted by Gasteiger charge is 2.42. The van der Waals surface area contributed by atoms with Gasteiger partial charge >= 0.3 is 0 Å². The Morgan fingerprint density at radius 3 is 2.47 bits per heavy atom. The number of benzene rings is 1. The van der Waals surface area contributed by atoms with Crippen molar-refractivity contribution in [1.82, 2.24) is 9.80 Å². The van der Waals surface area contributed by atoms with Crippen LogP contribution in [-0.2, 0) is 20.9 Å². The van der Waals surface area contributed by atoms with Crippen LogP contribution in [0.25, 0.3) is 0 Å². The number of carbonyl (C=O) groups is 3. The molecule has 2 rings (SSSR count). The summed E-state index contributed by atoms with van der Waals surface area (Å²) in [7, 11) is 3.18. The summed E-state index contributed by atoms with van der Waals surface area (Å²) in [6.45, 7) is 0.608. The average molecular weight is 260 g/mol. The maximum absolute atomic E-state index is 12.2. The van der Waals surface area contributed by atoms with E-state index in [1.54, 1.807) is 7.05 Å². The molecule has 0 spiro atoms. The summed E-state index contributed by atoms with van der Waals surface area (Å²) in [6.07, 6.45) is 0. The van der Waals surface area contributed by atoms with Gasteiger partial charge in [-0.2, -0.15) is 0 Å². The van der Waals surface area contributed by atoms with E-state index in [9.17, 15) is 14.4 Å². The average Bonchev–Trinajstić information content (AvgIpc) is 2.67. The van der Waals surface area contributed by atoms with Crippen molar-refractivity contribution >= 4 is 17.6 Å². The summed E-state index contributed by atoms with van der Waals surface area (Å²) in [4.78, 5) is 38.0. The number of carbonyl (C=O) groups excluding carboxylic acids is 3. The van der Waals surface area contributed by atoms with Crippen molar-refractivity contribution in [3.05, 3.63) is 35.9 Å². The highest BCUT2D eigenvalue weighted by molar-refractivity contribution is 6.42. The Kier molecular flexibility index (Phi) is 3.64. The quantitative estimate of drug-likeness (QED) is 0.580. The molecule has 5 heteroatoms. The molecule has 1 aromatic carbocycles. The number of nitrogens with zero attached hydrogens (tertiary/aromatic N) is 2. The van der Waals surface area contributed by atoms with Crippen molar-refractivity contribution < 1.29 is 14.4 Å². The summed E-state index contributed by atoms with van der Waals surface area (Å²) in [5.41, 5.74) is 0.989. The summed E-state index contributed by atoms with van der Waals surface area (Å²) in [5.74, 6) is -2.34. The third kappa shape index (κ3) is 2.65. The van der Waals surface area contributed by atoms with Crippen LogP contribution in [0.15, 0.2) is 30.3 Å². The molecule has 1 unspecified atom stereocenters. The summed E-state index contributed by atoms with van der Waals surface area (Å²) >= 11 is 0. The number of likely N-dealkylation sites (N-methyl/N-ethyl adjacent to an activating group) is 1. The number of Topliss-reactive ketones (excluding diaryl/α,β-unsaturated/α-hetero) is 1. The number of rotatable bonds is 3. The molecule has 1 fully saturated rings. The lowest BCUT2D eigenvalue weighted by Crippen LogP contribution is -2.36. The van der Waals surface area contributed by atoms with Gasteiger partial charge in [0.2, 0.25) is 11.7 Å². The molecule has 0 aromatic heterocycles. The van der Waals surface area contributed by atoms with E-state index < -0.39 is 17.6 Å². The van der Waals surface area contributed by atoms with Crippen LogP contribution in [0.3, 0.4) is 0 Å². The lowest BCUT2D eigenvalue weighted by Gasteiger charge is -2.20. The Morgan fingerprint density at radius 1 is 1.32 bits per heavy atom. The molecule has 19 heavy (non-hydrogen) atoms. The van der Waals surface area contributed by atoms with Gasteiger partial charge in [0.05, 0.1) is 0 Å². The van der Waals surface area contributed by atoms with Gasteiger partial charge < -0.3 is 9.80 Å². The molecule has 0 saturated carbocycles. The SMILES string of the molecule is CN1CC(C(=O)N(C)Cc2ccccc2)C(=O)C1=O. The molecular weight excluding hydrogens is 244 g/mol. The Balaban J connectivity index is 2.04. The molecule has 1 saturated heterocycles. The van der Waals surface area contributed by atoms with Crippen LogP contribution in [0.4, 0.5) is 0 Å².